The van der Waals surface area contributed by atoms with E-state index in [0.717, 1.165) is 24.3 Å². The average Bonchev–Trinajstić information content (AvgIpc) is 2.99. The second kappa shape index (κ2) is 6.32. The molecule has 2 unspecified atom stereocenters. The highest BCUT2D eigenvalue weighted by molar-refractivity contribution is 7.89. The summed E-state index contributed by atoms with van der Waals surface area (Å²) in [5.74, 6) is 0. The lowest BCUT2D eigenvalue weighted by Gasteiger charge is -2.20. The summed E-state index contributed by atoms with van der Waals surface area (Å²) in [6, 6.07) is 1.46. The molecule has 2 rings (SSSR count). The Labute approximate surface area is 118 Å². The first-order valence-corrected chi connectivity index (χ1v) is 8.76. The first kappa shape index (κ1) is 14.9. The fraction of sp³-hybridized carbons (Fsp3) is 0.667. The van der Waals surface area contributed by atoms with Crippen molar-refractivity contribution in [3.05, 3.63) is 16.3 Å². The van der Waals surface area contributed by atoms with Gasteiger partial charge < -0.3 is 10.1 Å². The highest BCUT2D eigenvalue weighted by Gasteiger charge is 2.28. The predicted molar refractivity (Wildman–Crippen MR) is 75.8 cm³/mol. The molecule has 1 aromatic heterocycles. The zero-order valence-electron chi connectivity index (χ0n) is 11.2. The van der Waals surface area contributed by atoms with Gasteiger partial charge in [0.05, 0.1) is 11.0 Å². The second-order valence-corrected chi connectivity index (χ2v) is 7.38. The van der Waals surface area contributed by atoms with E-state index in [1.54, 1.807) is 18.5 Å². The molecule has 2 N–H and O–H groups in total. The molecule has 0 spiro atoms. The number of hydrogen-bond donors (Lipinski definition) is 2. The molecule has 19 heavy (non-hydrogen) atoms. The lowest BCUT2D eigenvalue weighted by Crippen LogP contribution is -2.40. The van der Waals surface area contributed by atoms with Crippen LogP contribution in [0.5, 0.6) is 0 Å². The largest absolute Gasteiger partial charge is 0.377 e. The highest BCUT2D eigenvalue weighted by Crippen LogP contribution is 2.23. The van der Waals surface area contributed by atoms with Crippen LogP contribution in [0.1, 0.15) is 24.6 Å². The monoisotopic (exact) mass is 304 g/mol. The molecule has 1 aliphatic rings. The van der Waals surface area contributed by atoms with E-state index in [2.05, 4.69) is 10.0 Å². The minimum atomic E-state index is -3.47. The van der Waals surface area contributed by atoms with E-state index >= 15 is 0 Å². The SMILES string of the molecule is CNCc1sccc1S(=O)(=O)NC(C)C1CCCO1. The molecule has 1 saturated heterocycles. The molecule has 0 aliphatic carbocycles. The summed E-state index contributed by atoms with van der Waals surface area (Å²) in [6.07, 6.45) is 1.90. The third kappa shape index (κ3) is 3.55. The van der Waals surface area contributed by atoms with Crippen LogP contribution in [0.25, 0.3) is 0 Å². The summed E-state index contributed by atoms with van der Waals surface area (Å²) in [7, 11) is -1.66. The van der Waals surface area contributed by atoms with E-state index < -0.39 is 10.0 Å². The third-order valence-electron chi connectivity index (χ3n) is 3.20. The van der Waals surface area contributed by atoms with Crippen LogP contribution in [0.4, 0.5) is 0 Å². The van der Waals surface area contributed by atoms with Crippen molar-refractivity contribution in [1.82, 2.24) is 10.0 Å². The van der Waals surface area contributed by atoms with Gasteiger partial charge in [-0.3, -0.25) is 0 Å². The van der Waals surface area contributed by atoms with E-state index in [9.17, 15) is 8.42 Å². The molecule has 1 aromatic rings. The van der Waals surface area contributed by atoms with Gasteiger partial charge in [0, 0.05) is 24.1 Å². The van der Waals surface area contributed by atoms with Gasteiger partial charge in [0.2, 0.25) is 10.0 Å². The quantitative estimate of drug-likeness (QED) is 0.831. The minimum Gasteiger partial charge on any atom is -0.377 e. The van der Waals surface area contributed by atoms with Gasteiger partial charge in [0.1, 0.15) is 0 Å². The van der Waals surface area contributed by atoms with Crippen LogP contribution in [0.3, 0.4) is 0 Å². The third-order valence-corrected chi connectivity index (χ3v) is 5.89. The number of hydrogen-bond acceptors (Lipinski definition) is 5. The predicted octanol–water partition coefficient (Wildman–Crippen LogP) is 1.31. The van der Waals surface area contributed by atoms with Gasteiger partial charge in [-0.15, -0.1) is 11.3 Å². The van der Waals surface area contributed by atoms with Crippen molar-refractivity contribution < 1.29 is 13.2 Å². The lowest BCUT2D eigenvalue weighted by molar-refractivity contribution is 0.0902. The molecule has 1 aliphatic heterocycles. The number of ether oxygens (including phenoxy) is 1. The van der Waals surface area contributed by atoms with Crippen molar-refractivity contribution in [3.63, 3.8) is 0 Å². The van der Waals surface area contributed by atoms with Crippen molar-refractivity contribution >= 4 is 21.4 Å². The molecular formula is C12H20N2O3S2. The molecule has 0 amide bonds. The van der Waals surface area contributed by atoms with Crippen molar-refractivity contribution in [3.8, 4) is 0 Å². The smallest absolute Gasteiger partial charge is 0.242 e. The molecule has 5 nitrogen and oxygen atoms in total. The Balaban J connectivity index is 2.10. The molecule has 2 heterocycles. The van der Waals surface area contributed by atoms with Crippen LogP contribution < -0.4 is 10.0 Å². The van der Waals surface area contributed by atoms with E-state index in [1.807, 2.05) is 6.92 Å². The van der Waals surface area contributed by atoms with Crippen LogP contribution in [-0.2, 0) is 21.3 Å². The van der Waals surface area contributed by atoms with Gasteiger partial charge in [-0.2, -0.15) is 0 Å². The van der Waals surface area contributed by atoms with Crippen LogP contribution >= 0.6 is 11.3 Å². The fourth-order valence-corrected chi connectivity index (χ4v) is 4.97. The standard InChI is InChI=1S/C12H20N2O3S2/c1-9(10-4-3-6-17-10)14-19(15,16)12-5-7-18-11(12)8-13-2/h5,7,9-10,13-14H,3-4,6,8H2,1-2H3. The van der Waals surface area contributed by atoms with Gasteiger partial charge in [0.25, 0.3) is 0 Å². The minimum absolute atomic E-state index is 0.0128. The Kier molecular flexibility index (Phi) is 4.97. The molecule has 0 saturated carbocycles. The zero-order valence-corrected chi connectivity index (χ0v) is 12.8. The maximum Gasteiger partial charge on any atom is 0.242 e. The fourth-order valence-electron chi connectivity index (χ4n) is 2.24. The van der Waals surface area contributed by atoms with Crippen LogP contribution in [0, 0.1) is 0 Å². The van der Waals surface area contributed by atoms with E-state index in [0.29, 0.717) is 11.4 Å². The van der Waals surface area contributed by atoms with Gasteiger partial charge in [-0.25, -0.2) is 13.1 Å². The molecular weight excluding hydrogens is 284 g/mol. The van der Waals surface area contributed by atoms with Crippen molar-refractivity contribution in [2.75, 3.05) is 13.7 Å². The molecule has 1 fully saturated rings. The Morgan fingerprint density at radius 1 is 1.58 bits per heavy atom. The van der Waals surface area contributed by atoms with Crippen LogP contribution in [0.15, 0.2) is 16.3 Å². The molecule has 108 valence electrons. The molecule has 2 atom stereocenters. The topological polar surface area (TPSA) is 67.4 Å². The molecule has 0 radical (unpaired) electrons. The Hall–Kier alpha value is -0.470. The van der Waals surface area contributed by atoms with Gasteiger partial charge in [-0.05, 0) is 38.3 Å². The number of sulfonamides is 1. The maximum absolute atomic E-state index is 12.4. The van der Waals surface area contributed by atoms with E-state index in [1.165, 1.54) is 11.3 Å². The number of thiophene rings is 1. The van der Waals surface area contributed by atoms with E-state index in [-0.39, 0.29) is 12.1 Å². The summed E-state index contributed by atoms with van der Waals surface area (Å²) in [4.78, 5) is 1.20. The Morgan fingerprint density at radius 3 is 3.00 bits per heavy atom. The van der Waals surface area contributed by atoms with Gasteiger partial charge >= 0.3 is 0 Å². The maximum atomic E-state index is 12.4. The first-order valence-electron chi connectivity index (χ1n) is 6.39. The van der Waals surface area contributed by atoms with Crippen LogP contribution in [-0.4, -0.2) is 34.2 Å². The zero-order chi connectivity index (χ0) is 13.9. The summed E-state index contributed by atoms with van der Waals surface area (Å²) in [6.45, 7) is 3.14. The molecule has 7 heteroatoms. The number of nitrogens with one attached hydrogen (secondary N) is 2. The van der Waals surface area contributed by atoms with E-state index in [4.69, 9.17) is 4.74 Å². The lowest BCUT2D eigenvalue weighted by atomic mass is 10.1. The van der Waals surface area contributed by atoms with Crippen molar-refractivity contribution in [2.45, 2.75) is 43.4 Å². The average molecular weight is 304 g/mol. The van der Waals surface area contributed by atoms with Gasteiger partial charge in [-0.1, -0.05) is 0 Å². The summed E-state index contributed by atoms with van der Waals surface area (Å²) < 4.78 is 33.0. The summed E-state index contributed by atoms with van der Waals surface area (Å²) >= 11 is 1.45. The molecule has 0 bridgehead atoms. The Morgan fingerprint density at radius 2 is 2.37 bits per heavy atom. The second-order valence-electron chi connectivity index (χ2n) is 4.70. The summed E-state index contributed by atoms with van der Waals surface area (Å²) in [5.41, 5.74) is 0. The van der Waals surface area contributed by atoms with Crippen LogP contribution in [0.2, 0.25) is 0 Å². The van der Waals surface area contributed by atoms with Crippen molar-refractivity contribution in [2.24, 2.45) is 0 Å². The normalized spacial score (nSPS) is 21.7. The first-order chi connectivity index (χ1) is 9.04. The molecule has 0 aromatic carbocycles. The highest BCUT2D eigenvalue weighted by atomic mass is 32.2. The van der Waals surface area contributed by atoms with Crippen molar-refractivity contribution in [1.29, 1.82) is 0 Å². The van der Waals surface area contributed by atoms with Gasteiger partial charge in [0.15, 0.2) is 0 Å². The number of rotatable bonds is 6. The Bertz CT molecular complexity index is 507. The summed E-state index contributed by atoms with van der Waals surface area (Å²) in [5, 5.41) is 4.79.